The first kappa shape index (κ1) is 13.7. The van der Waals surface area contributed by atoms with Crippen LogP contribution in [0.1, 0.15) is 24.5 Å². The Labute approximate surface area is 125 Å². The fourth-order valence-corrected chi connectivity index (χ4v) is 2.43. The van der Waals surface area contributed by atoms with E-state index in [0.717, 1.165) is 30.0 Å². The predicted molar refractivity (Wildman–Crippen MR) is 82.9 cm³/mol. The van der Waals surface area contributed by atoms with Gasteiger partial charge in [-0.05, 0) is 56.0 Å². The average Bonchev–Trinajstić information content (AvgIpc) is 2.95. The number of aryl methyl sites for hydroxylation is 2. The summed E-state index contributed by atoms with van der Waals surface area (Å²) >= 11 is 0. The van der Waals surface area contributed by atoms with Gasteiger partial charge in [0.25, 0.3) is 0 Å². The van der Waals surface area contributed by atoms with Crippen molar-refractivity contribution in [2.45, 2.75) is 32.7 Å². The van der Waals surface area contributed by atoms with E-state index in [9.17, 15) is 0 Å². The van der Waals surface area contributed by atoms with E-state index in [2.05, 4.69) is 36.3 Å². The van der Waals surface area contributed by atoms with Gasteiger partial charge < -0.3 is 14.8 Å². The van der Waals surface area contributed by atoms with Gasteiger partial charge in [0.05, 0.1) is 11.9 Å². The molecular weight excluding hydrogens is 264 g/mol. The fraction of sp³-hybridized carbons (Fsp3) is 0.353. The van der Waals surface area contributed by atoms with Crippen LogP contribution in [-0.2, 0) is 6.42 Å². The lowest BCUT2D eigenvalue weighted by Crippen LogP contribution is -2.16. The number of nitrogens with one attached hydrogen (secondary N) is 1. The largest absolute Gasteiger partial charge is 0.454 e. The molecule has 0 fully saturated rings. The van der Waals surface area contributed by atoms with Gasteiger partial charge in [-0.3, -0.25) is 4.98 Å². The topological polar surface area (TPSA) is 43.4 Å². The second kappa shape index (κ2) is 6.04. The van der Waals surface area contributed by atoms with Crippen LogP contribution in [0, 0.1) is 6.92 Å². The molecule has 21 heavy (non-hydrogen) atoms. The van der Waals surface area contributed by atoms with Gasteiger partial charge in [0.2, 0.25) is 6.79 Å². The van der Waals surface area contributed by atoms with Crippen LogP contribution in [0.3, 0.4) is 0 Å². The van der Waals surface area contributed by atoms with Gasteiger partial charge in [-0.2, -0.15) is 0 Å². The first-order chi connectivity index (χ1) is 10.2. The summed E-state index contributed by atoms with van der Waals surface area (Å²) in [6.07, 6.45) is 5.75. The van der Waals surface area contributed by atoms with Crippen molar-refractivity contribution in [3.63, 3.8) is 0 Å². The lowest BCUT2D eigenvalue weighted by molar-refractivity contribution is 0.174. The van der Waals surface area contributed by atoms with E-state index in [1.54, 1.807) is 0 Å². The minimum absolute atomic E-state index is 0.330. The van der Waals surface area contributed by atoms with Gasteiger partial charge >= 0.3 is 0 Å². The molecule has 0 bridgehead atoms. The lowest BCUT2D eigenvalue weighted by Gasteiger charge is -2.16. The lowest BCUT2D eigenvalue weighted by atomic mass is 10.1. The van der Waals surface area contributed by atoms with Gasteiger partial charge in [0.15, 0.2) is 11.5 Å². The monoisotopic (exact) mass is 284 g/mol. The highest BCUT2D eigenvalue weighted by Gasteiger charge is 2.13. The Bertz CT molecular complexity index is 628. The average molecular weight is 284 g/mol. The summed E-state index contributed by atoms with van der Waals surface area (Å²) < 4.78 is 10.7. The van der Waals surface area contributed by atoms with Crippen molar-refractivity contribution in [2.24, 2.45) is 0 Å². The SMILES string of the molecule is Cc1ccncc1NC(C)CCc1ccc2c(c1)OCO2. The van der Waals surface area contributed by atoms with E-state index >= 15 is 0 Å². The Hall–Kier alpha value is -2.23. The van der Waals surface area contributed by atoms with Crippen molar-refractivity contribution in [3.8, 4) is 11.5 Å². The van der Waals surface area contributed by atoms with Crippen LogP contribution < -0.4 is 14.8 Å². The number of anilines is 1. The van der Waals surface area contributed by atoms with Gasteiger partial charge in [-0.15, -0.1) is 0 Å². The van der Waals surface area contributed by atoms with Crippen LogP contribution in [0.15, 0.2) is 36.7 Å². The van der Waals surface area contributed by atoms with Crippen molar-refractivity contribution in [1.29, 1.82) is 0 Å². The minimum atomic E-state index is 0.330. The molecule has 1 N–H and O–H groups in total. The summed E-state index contributed by atoms with van der Waals surface area (Å²) in [7, 11) is 0. The Balaban J connectivity index is 1.56. The number of aromatic nitrogens is 1. The van der Waals surface area contributed by atoms with E-state index in [-0.39, 0.29) is 0 Å². The highest BCUT2D eigenvalue weighted by atomic mass is 16.7. The quantitative estimate of drug-likeness (QED) is 0.912. The molecule has 0 saturated heterocycles. The maximum atomic E-state index is 5.41. The summed E-state index contributed by atoms with van der Waals surface area (Å²) in [6, 6.07) is 8.58. The summed E-state index contributed by atoms with van der Waals surface area (Å²) in [6.45, 7) is 4.62. The first-order valence-corrected chi connectivity index (χ1v) is 7.28. The van der Waals surface area contributed by atoms with Gasteiger partial charge in [0, 0.05) is 12.2 Å². The summed E-state index contributed by atoms with van der Waals surface area (Å²) in [4.78, 5) is 4.16. The molecule has 1 aliphatic rings. The number of benzene rings is 1. The smallest absolute Gasteiger partial charge is 0.231 e. The third kappa shape index (κ3) is 3.27. The van der Waals surface area contributed by atoms with Crippen LogP contribution in [-0.4, -0.2) is 17.8 Å². The number of ether oxygens (including phenoxy) is 2. The molecule has 1 atom stereocenters. The van der Waals surface area contributed by atoms with E-state index in [1.807, 2.05) is 24.5 Å². The normalized spacial score (nSPS) is 14.0. The summed E-state index contributed by atoms with van der Waals surface area (Å²) in [5, 5.41) is 3.51. The summed E-state index contributed by atoms with van der Waals surface area (Å²) in [5.74, 6) is 1.70. The molecule has 4 heteroatoms. The van der Waals surface area contributed by atoms with E-state index in [4.69, 9.17) is 9.47 Å². The number of hydrogen-bond donors (Lipinski definition) is 1. The predicted octanol–water partition coefficient (Wildman–Crippen LogP) is 3.55. The molecule has 2 aromatic rings. The Morgan fingerprint density at radius 2 is 2.10 bits per heavy atom. The van der Waals surface area contributed by atoms with Crippen molar-refractivity contribution in [2.75, 3.05) is 12.1 Å². The standard InChI is InChI=1S/C17H20N2O2/c1-12-7-8-18-10-15(12)19-13(2)3-4-14-5-6-16-17(9-14)21-11-20-16/h5-10,13,19H,3-4,11H2,1-2H3. The van der Waals surface area contributed by atoms with E-state index in [0.29, 0.717) is 12.8 Å². The molecular formula is C17H20N2O2. The molecule has 110 valence electrons. The van der Waals surface area contributed by atoms with Crippen molar-refractivity contribution in [3.05, 3.63) is 47.8 Å². The molecule has 0 aliphatic carbocycles. The van der Waals surface area contributed by atoms with Crippen molar-refractivity contribution in [1.82, 2.24) is 4.98 Å². The third-order valence-electron chi connectivity index (χ3n) is 3.74. The van der Waals surface area contributed by atoms with Crippen LogP contribution in [0.25, 0.3) is 0 Å². The number of pyridine rings is 1. The van der Waals surface area contributed by atoms with Crippen LogP contribution in [0.2, 0.25) is 0 Å². The van der Waals surface area contributed by atoms with Gasteiger partial charge in [-0.25, -0.2) is 0 Å². The highest BCUT2D eigenvalue weighted by Crippen LogP contribution is 2.32. The van der Waals surface area contributed by atoms with Crippen molar-refractivity contribution < 1.29 is 9.47 Å². The molecule has 0 saturated carbocycles. The second-order valence-electron chi connectivity index (χ2n) is 5.46. The van der Waals surface area contributed by atoms with Crippen LogP contribution in [0.4, 0.5) is 5.69 Å². The molecule has 2 heterocycles. The zero-order valence-corrected chi connectivity index (χ0v) is 12.4. The maximum absolute atomic E-state index is 5.41. The molecule has 4 nitrogen and oxygen atoms in total. The van der Waals surface area contributed by atoms with Gasteiger partial charge in [0.1, 0.15) is 0 Å². The third-order valence-corrected chi connectivity index (χ3v) is 3.74. The van der Waals surface area contributed by atoms with E-state index in [1.165, 1.54) is 11.1 Å². The van der Waals surface area contributed by atoms with Gasteiger partial charge in [-0.1, -0.05) is 6.07 Å². The zero-order chi connectivity index (χ0) is 14.7. The van der Waals surface area contributed by atoms with E-state index < -0.39 is 0 Å². The zero-order valence-electron chi connectivity index (χ0n) is 12.4. The number of fused-ring (bicyclic) bond motifs is 1. The van der Waals surface area contributed by atoms with Crippen LogP contribution in [0.5, 0.6) is 11.5 Å². The molecule has 3 rings (SSSR count). The minimum Gasteiger partial charge on any atom is -0.454 e. The maximum Gasteiger partial charge on any atom is 0.231 e. The first-order valence-electron chi connectivity index (χ1n) is 7.28. The Kier molecular flexibility index (Phi) is 3.95. The fourth-order valence-electron chi connectivity index (χ4n) is 2.43. The molecule has 0 radical (unpaired) electrons. The molecule has 1 aliphatic heterocycles. The number of nitrogens with zero attached hydrogens (tertiary/aromatic N) is 1. The highest BCUT2D eigenvalue weighted by molar-refractivity contribution is 5.48. The Morgan fingerprint density at radius 3 is 2.95 bits per heavy atom. The molecule has 0 amide bonds. The second-order valence-corrected chi connectivity index (χ2v) is 5.46. The molecule has 1 aromatic heterocycles. The molecule has 0 spiro atoms. The molecule has 1 aromatic carbocycles. The summed E-state index contributed by atoms with van der Waals surface area (Å²) in [5.41, 5.74) is 3.60. The number of rotatable bonds is 5. The molecule has 1 unspecified atom stereocenters. The Morgan fingerprint density at radius 1 is 1.24 bits per heavy atom. The van der Waals surface area contributed by atoms with Crippen LogP contribution >= 0.6 is 0 Å². The van der Waals surface area contributed by atoms with Crippen molar-refractivity contribution >= 4 is 5.69 Å². The number of hydrogen-bond acceptors (Lipinski definition) is 4.